The Morgan fingerprint density at radius 1 is 1.33 bits per heavy atom. The molecule has 24 heavy (non-hydrogen) atoms. The summed E-state index contributed by atoms with van der Waals surface area (Å²) in [7, 11) is 0. The van der Waals surface area contributed by atoms with E-state index < -0.39 is 0 Å². The lowest BCUT2D eigenvalue weighted by atomic mass is 10.0. The van der Waals surface area contributed by atoms with E-state index in [4.69, 9.17) is 9.73 Å². The number of hydrogen-bond acceptors (Lipinski definition) is 3. The number of nitrogens with one attached hydrogen (secondary N) is 1. The van der Waals surface area contributed by atoms with Gasteiger partial charge in [-0.3, -0.25) is 0 Å². The highest BCUT2D eigenvalue weighted by molar-refractivity contribution is 7.09. The summed E-state index contributed by atoms with van der Waals surface area (Å²) in [6, 6.07) is 12.7. The standard InChI is InChI=1S/C19H25N3OS/c1-3-20-19(21-13-16-8-6-12-24-16)22-10-11-23-18(14-22)17-9-5-4-7-15(17)2/h4-9,12,18H,3,10-11,13-14H2,1-2H3,(H,20,21). The topological polar surface area (TPSA) is 36.9 Å². The van der Waals surface area contributed by atoms with Gasteiger partial charge >= 0.3 is 0 Å². The van der Waals surface area contributed by atoms with Gasteiger partial charge in [-0.25, -0.2) is 4.99 Å². The Balaban J connectivity index is 1.73. The highest BCUT2D eigenvalue weighted by Gasteiger charge is 2.25. The molecule has 0 radical (unpaired) electrons. The molecule has 1 aromatic heterocycles. The van der Waals surface area contributed by atoms with Gasteiger partial charge in [0.2, 0.25) is 0 Å². The third kappa shape index (κ3) is 4.16. The van der Waals surface area contributed by atoms with E-state index in [0.717, 1.165) is 38.7 Å². The van der Waals surface area contributed by atoms with Crippen molar-refractivity contribution in [3.63, 3.8) is 0 Å². The van der Waals surface area contributed by atoms with Gasteiger partial charge in [-0.05, 0) is 36.4 Å². The minimum Gasteiger partial charge on any atom is -0.370 e. The van der Waals surface area contributed by atoms with Crippen molar-refractivity contribution in [2.75, 3.05) is 26.2 Å². The first-order valence-corrected chi connectivity index (χ1v) is 9.38. The first-order valence-electron chi connectivity index (χ1n) is 8.50. The van der Waals surface area contributed by atoms with Gasteiger partial charge in [-0.15, -0.1) is 11.3 Å². The molecule has 1 atom stereocenters. The van der Waals surface area contributed by atoms with Gasteiger partial charge in [0.25, 0.3) is 0 Å². The zero-order chi connectivity index (χ0) is 16.8. The van der Waals surface area contributed by atoms with Crippen molar-refractivity contribution in [2.24, 2.45) is 4.99 Å². The van der Waals surface area contributed by atoms with Gasteiger partial charge in [0.05, 0.1) is 19.7 Å². The third-order valence-corrected chi connectivity index (χ3v) is 5.06. The van der Waals surface area contributed by atoms with Crippen LogP contribution in [0, 0.1) is 6.92 Å². The van der Waals surface area contributed by atoms with Crippen LogP contribution >= 0.6 is 11.3 Å². The van der Waals surface area contributed by atoms with Crippen LogP contribution < -0.4 is 5.32 Å². The Hall–Kier alpha value is -1.85. The van der Waals surface area contributed by atoms with Crippen LogP contribution in [0.1, 0.15) is 29.0 Å². The van der Waals surface area contributed by atoms with Crippen molar-refractivity contribution >= 4 is 17.3 Å². The second kappa shape index (κ2) is 8.31. The summed E-state index contributed by atoms with van der Waals surface area (Å²) in [5.74, 6) is 0.979. The summed E-state index contributed by atoms with van der Waals surface area (Å²) in [6.07, 6.45) is 0.102. The fraction of sp³-hybridized carbons (Fsp3) is 0.421. The molecule has 2 aromatic rings. The Kier molecular flexibility index (Phi) is 5.88. The molecule has 0 amide bonds. The molecule has 2 heterocycles. The average molecular weight is 343 g/mol. The maximum atomic E-state index is 6.03. The molecule has 0 aliphatic carbocycles. The van der Waals surface area contributed by atoms with Crippen molar-refractivity contribution < 1.29 is 4.74 Å². The van der Waals surface area contributed by atoms with E-state index in [0.29, 0.717) is 0 Å². The van der Waals surface area contributed by atoms with Crippen LogP contribution in [0.4, 0.5) is 0 Å². The molecule has 0 bridgehead atoms. The fourth-order valence-corrected chi connectivity index (χ4v) is 3.59. The summed E-state index contributed by atoms with van der Waals surface area (Å²) in [5.41, 5.74) is 2.56. The third-order valence-electron chi connectivity index (χ3n) is 4.20. The monoisotopic (exact) mass is 343 g/mol. The van der Waals surface area contributed by atoms with Gasteiger partial charge in [0.15, 0.2) is 5.96 Å². The Morgan fingerprint density at radius 2 is 2.21 bits per heavy atom. The lowest BCUT2D eigenvalue weighted by Crippen LogP contribution is -2.48. The Bertz CT molecular complexity index is 669. The summed E-state index contributed by atoms with van der Waals surface area (Å²) >= 11 is 1.75. The second-order valence-corrected chi connectivity index (χ2v) is 6.94. The molecule has 1 aliphatic heterocycles. The molecular weight excluding hydrogens is 318 g/mol. The van der Waals surface area contributed by atoms with Crippen molar-refractivity contribution in [1.29, 1.82) is 0 Å². The lowest BCUT2D eigenvalue weighted by molar-refractivity contribution is -0.00833. The second-order valence-electron chi connectivity index (χ2n) is 5.91. The number of morpholine rings is 1. The van der Waals surface area contributed by atoms with Gasteiger partial charge in [0, 0.05) is 18.0 Å². The van der Waals surface area contributed by atoms with E-state index in [1.165, 1.54) is 16.0 Å². The number of guanidine groups is 1. The molecular formula is C19H25N3OS. The van der Waals surface area contributed by atoms with E-state index in [2.05, 4.69) is 65.8 Å². The lowest BCUT2D eigenvalue weighted by Gasteiger charge is -2.35. The highest BCUT2D eigenvalue weighted by Crippen LogP contribution is 2.25. The predicted molar refractivity (Wildman–Crippen MR) is 101 cm³/mol. The molecule has 1 saturated heterocycles. The minimum absolute atomic E-state index is 0.102. The van der Waals surface area contributed by atoms with Crippen LogP contribution in [0.15, 0.2) is 46.8 Å². The first-order chi connectivity index (χ1) is 11.8. The molecule has 0 spiro atoms. The number of ether oxygens (including phenoxy) is 1. The SMILES string of the molecule is CCNC(=NCc1cccs1)N1CCOC(c2ccccc2C)C1. The van der Waals surface area contributed by atoms with Gasteiger partial charge in [-0.1, -0.05) is 30.3 Å². The van der Waals surface area contributed by atoms with Crippen LogP contribution in [0.2, 0.25) is 0 Å². The first kappa shape index (κ1) is 17.0. The number of aryl methyl sites for hydroxylation is 1. The normalized spacial score (nSPS) is 18.7. The Labute approximate surface area is 148 Å². The highest BCUT2D eigenvalue weighted by atomic mass is 32.1. The number of rotatable bonds is 4. The summed E-state index contributed by atoms with van der Waals surface area (Å²) in [4.78, 5) is 8.42. The number of benzene rings is 1. The zero-order valence-electron chi connectivity index (χ0n) is 14.4. The fourth-order valence-electron chi connectivity index (χ4n) is 2.96. The summed E-state index contributed by atoms with van der Waals surface area (Å²) in [5, 5.41) is 5.52. The maximum absolute atomic E-state index is 6.03. The van der Waals surface area contributed by atoms with E-state index in [1.54, 1.807) is 11.3 Å². The van der Waals surface area contributed by atoms with Crippen molar-refractivity contribution in [3.8, 4) is 0 Å². The molecule has 1 fully saturated rings. The summed E-state index contributed by atoms with van der Waals surface area (Å²) < 4.78 is 6.03. The zero-order valence-corrected chi connectivity index (χ0v) is 15.2. The van der Waals surface area contributed by atoms with Crippen LogP contribution in [-0.2, 0) is 11.3 Å². The quantitative estimate of drug-likeness (QED) is 0.681. The Morgan fingerprint density at radius 3 is 2.96 bits per heavy atom. The van der Waals surface area contributed by atoms with Crippen molar-refractivity contribution in [2.45, 2.75) is 26.5 Å². The number of nitrogens with zero attached hydrogens (tertiary/aromatic N) is 2. The molecule has 4 nitrogen and oxygen atoms in total. The molecule has 1 aromatic carbocycles. The minimum atomic E-state index is 0.102. The van der Waals surface area contributed by atoms with Crippen LogP contribution in [0.25, 0.3) is 0 Å². The smallest absolute Gasteiger partial charge is 0.194 e. The van der Waals surface area contributed by atoms with Crippen molar-refractivity contribution in [1.82, 2.24) is 10.2 Å². The van der Waals surface area contributed by atoms with E-state index in [1.807, 2.05) is 0 Å². The van der Waals surface area contributed by atoms with Crippen molar-refractivity contribution in [3.05, 3.63) is 57.8 Å². The van der Waals surface area contributed by atoms with Gasteiger partial charge in [0.1, 0.15) is 6.10 Å². The number of thiophene rings is 1. The van der Waals surface area contributed by atoms with E-state index >= 15 is 0 Å². The van der Waals surface area contributed by atoms with Gasteiger partial charge < -0.3 is 15.0 Å². The van der Waals surface area contributed by atoms with Crippen LogP contribution in [-0.4, -0.2) is 37.1 Å². The molecule has 1 unspecified atom stereocenters. The number of hydrogen-bond donors (Lipinski definition) is 1. The molecule has 5 heteroatoms. The molecule has 128 valence electrons. The molecule has 0 saturated carbocycles. The maximum Gasteiger partial charge on any atom is 0.194 e. The predicted octanol–water partition coefficient (Wildman–Crippen LogP) is 3.60. The molecule has 3 rings (SSSR count). The molecule has 1 N–H and O–H groups in total. The van der Waals surface area contributed by atoms with Crippen LogP contribution in [0.3, 0.4) is 0 Å². The average Bonchev–Trinajstić information content (AvgIpc) is 3.13. The van der Waals surface area contributed by atoms with Gasteiger partial charge in [-0.2, -0.15) is 0 Å². The largest absolute Gasteiger partial charge is 0.370 e. The summed E-state index contributed by atoms with van der Waals surface area (Å²) in [6.45, 7) is 8.29. The van der Waals surface area contributed by atoms with Crippen LogP contribution in [0.5, 0.6) is 0 Å². The number of aliphatic imine (C=N–C) groups is 1. The molecule has 1 aliphatic rings. The van der Waals surface area contributed by atoms with E-state index in [9.17, 15) is 0 Å². The van der Waals surface area contributed by atoms with E-state index in [-0.39, 0.29) is 6.10 Å².